The summed E-state index contributed by atoms with van der Waals surface area (Å²) in [5.74, 6) is 0. The van der Waals surface area contributed by atoms with E-state index in [4.69, 9.17) is 28.3 Å². The second-order valence-electron chi connectivity index (χ2n) is 9.40. The summed E-state index contributed by atoms with van der Waals surface area (Å²) in [5.41, 5.74) is 5.11. The van der Waals surface area contributed by atoms with Crippen molar-refractivity contribution in [2.24, 2.45) is 0 Å². The lowest BCUT2D eigenvalue weighted by atomic mass is 9.97. The molecular weight excluding hydrogens is 505 g/mol. The molecule has 1 aliphatic heterocycles. The van der Waals surface area contributed by atoms with Crippen molar-refractivity contribution in [2.75, 3.05) is 6.54 Å². The molecule has 0 saturated carbocycles. The van der Waals surface area contributed by atoms with Gasteiger partial charge in [0, 0.05) is 33.8 Å². The largest absolute Gasteiger partial charge is 0.367 e. The molecule has 0 amide bonds. The Hall–Kier alpha value is -3.45. The maximum Gasteiger partial charge on any atom is 0.367 e. The monoisotopic (exact) mass is 529 g/mol. The summed E-state index contributed by atoms with van der Waals surface area (Å²) in [6.07, 6.45) is 3.86. The molecule has 1 aliphatic rings. The molecule has 0 N–H and O–H groups in total. The molecular formula is C29H25Cl2N5O. The molecule has 0 radical (unpaired) electrons. The standard InChI is InChI=1S/C29H25Cl2N5O/c30-23-12-8-21(9-13-23)26-17-32-36-28(27(26)22-10-14-24(31)15-11-22)33-35(29(36)37)19-25-7-4-16-34(25)18-20-5-2-1-3-6-20/h1-3,5-6,8-15,17,25H,4,7,16,18-19H2/t25-/m1/s1. The third kappa shape index (κ3) is 4.80. The van der Waals surface area contributed by atoms with Crippen LogP contribution in [-0.4, -0.2) is 36.9 Å². The van der Waals surface area contributed by atoms with Crippen LogP contribution in [0.5, 0.6) is 0 Å². The number of hydrogen-bond donors (Lipinski definition) is 0. The Kier molecular flexibility index (Phi) is 6.55. The quantitative estimate of drug-likeness (QED) is 0.263. The van der Waals surface area contributed by atoms with E-state index in [2.05, 4.69) is 34.3 Å². The highest BCUT2D eigenvalue weighted by atomic mass is 35.5. The van der Waals surface area contributed by atoms with Crippen molar-refractivity contribution in [3.8, 4) is 22.3 Å². The highest BCUT2D eigenvalue weighted by molar-refractivity contribution is 6.31. The lowest BCUT2D eigenvalue weighted by Gasteiger charge is -2.24. The van der Waals surface area contributed by atoms with Gasteiger partial charge in [-0.1, -0.05) is 77.8 Å². The summed E-state index contributed by atoms with van der Waals surface area (Å²) < 4.78 is 2.97. The normalized spacial score (nSPS) is 16.0. The molecule has 0 unspecified atom stereocenters. The number of likely N-dealkylation sites (tertiary alicyclic amines) is 1. The molecule has 1 saturated heterocycles. The molecule has 6 rings (SSSR count). The van der Waals surface area contributed by atoms with Crippen molar-refractivity contribution < 1.29 is 0 Å². The van der Waals surface area contributed by atoms with Gasteiger partial charge in [-0.3, -0.25) is 4.90 Å². The number of benzene rings is 3. The molecule has 186 valence electrons. The number of fused-ring (bicyclic) bond motifs is 1. The molecule has 0 spiro atoms. The van der Waals surface area contributed by atoms with Crippen molar-refractivity contribution in [2.45, 2.75) is 32.0 Å². The van der Waals surface area contributed by atoms with Crippen molar-refractivity contribution in [3.63, 3.8) is 0 Å². The van der Waals surface area contributed by atoms with E-state index in [1.165, 1.54) is 10.1 Å². The van der Waals surface area contributed by atoms with Crippen LogP contribution in [-0.2, 0) is 13.1 Å². The van der Waals surface area contributed by atoms with Crippen LogP contribution in [0.25, 0.3) is 27.9 Å². The molecule has 37 heavy (non-hydrogen) atoms. The molecule has 1 atom stereocenters. The van der Waals surface area contributed by atoms with Crippen LogP contribution in [0, 0.1) is 0 Å². The van der Waals surface area contributed by atoms with Gasteiger partial charge >= 0.3 is 5.69 Å². The highest BCUT2D eigenvalue weighted by Gasteiger charge is 2.27. The first-order valence-corrected chi connectivity index (χ1v) is 13.1. The Morgan fingerprint density at radius 1 is 0.865 bits per heavy atom. The average Bonchev–Trinajstić information content (AvgIpc) is 3.49. The second kappa shape index (κ2) is 10.1. The van der Waals surface area contributed by atoms with Gasteiger partial charge in [0.2, 0.25) is 0 Å². The summed E-state index contributed by atoms with van der Waals surface area (Å²) in [6.45, 7) is 2.39. The maximum atomic E-state index is 13.5. The first kappa shape index (κ1) is 23.9. The molecule has 2 aromatic heterocycles. The zero-order chi connectivity index (χ0) is 25.4. The van der Waals surface area contributed by atoms with Gasteiger partial charge in [-0.05, 0) is 60.3 Å². The van der Waals surface area contributed by atoms with E-state index in [9.17, 15) is 4.79 Å². The third-order valence-electron chi connectivity index (χ3n) is 7.01. The lowest BCUT2D eigenvalue weighted by Crippen LogP contribution is -2.36. The number of rotatable bonds is 6. The average molecular weight is 530 g/mol. The summed E-state index contributed by atoms with van der Waals surface area (Å²) in [5, 5.41) is 10.7. The van der Waals surface area contributed by atoms with Gasteiger partial charge in [0.25, 0.3) is 0 Å². The summed E-state index contributed by atoms with van der Waals surface area (Å²) in [4.78, 5) is 15.9. The van der Waals surface area contributed by atoms with Crippen molar-refractivity contribution in [1.82, 2.24) is 24.3 Å². The minimum absolute atomic E-state index is 0.234. The van der Waals surface area contributed by atoms with Gasteiger partial charge in [-0.25, -0.2) is 9.48 Å². The Balaban J connectivity index is 1.42. The smallest absolute Gasteiger partial charge is 0.294 e. The van der Waals surface area contributed by atoms with Gasteiger partial charge in [0.15, 0.2) is 5.65 Å². The molecule has 1 fully saturated rings. The van der Waals surface area contributed by atoms with E-state index in [0.29, 0.717) is 22.2 Å². The first-order chi connectivity index (χ1) is 18.1. The van der Waals surface area contributed by atoms with Crippen molar-refractivity contribution in [3.05, 3.63) is 111 Å². The SMILES string of the molecule is O=c1n(C[C@H]2CCCN2Cc2ccccc2)nc2c(-c3ccc(Cl)cc3)c(-c3ccc(Cl)cc3)cnn12. The van der Waals surface area contributed by atoms with E-state index in [1.807, 2.05) is 54.6 Å². The highest BCUT2D eigenvalue weighted by Crippen LogP contribution is 2.35. The Labute approximate surface area is 224 Å². The number of aromatic nitrogens is 4. The molecule has 8 heteroatoms. The molecule has 0 aliphatic carbocycles. The predicted molar refractivity (Wildman–Crippen MR) is 148 cm³/mol. The molecule has 3 heterocycles. The van der Waals surface area contributed by atoms with Crippen LogP contribution in [0.1, 0.15) is 18.4 Å². The van der Waals surface area contributed by atoms with E-state index in [1.54, 1.807) is 10.9 Å². The van der Waals surface area contributed by atoms with E-state index < -0.39 is 0 Å². The number of halogens is 2. The van der Waals surface area contributed by atoms with Gasteiger partial charge < -0.3 is 0 Å². The van der Waals surface area contributed by atoms with Crippen LogP contribution in [0.15, 0.2) is 89.9 Å². The molecule has 6 nitrogen and oxygen atoms in total. The minimum atomic E-state index is -0.237. The van der Waals surface area contributed by atoms with Gasteiger partial charge in [-0.15, -0.1) is 5.10 Å². The van der Waals surface area contributed by atoms with E-state index >= 15 is 0 Å². The Bertz CT molecular complexity index is 1590. The van der Waals surface area contributed by atoms with E-state index in [0.717, 1.165) is 48.2 Å². The number of hydrogen-bond acceptors (Lipinski definition) is 4. The van der Waals surface area contributed by atoms with Gasteiger partial charge in [0.05, 0.1) is 12.7 Å². The molecule has 0 bridgehead atoms. The van der Waals surface area contributed by atoms with Gasteiger partial charge in [0.1, 0.15) is 0 Å². The summed E-state index contributed by atoms with van der Waals surface area (Å²) in [7, 11) is 0. The fraction of sp³-hybridized carbons (Fsp3) is 0.207. The zero-order valence-electron chi connectivity index (χ0n) is 20.1. The predicted octanol–water partition coefficient (Wildman–Crippen LogP) is 6.20. The first-order valence-electron chi connectivity index (χ1n) is 12.4. The number of nitrogens with zero attached hydrogens (tertiary/aromatic N) is 5. The Morgan fingerprint density at radius 2 is 1.54 bits per heavy atom. The van der Waals surface area contributed by atoms with Crippen LogP contribution < -0.4 is 5.69 Å². The van der Waals surface area contributed by atoms with Crippen LogP contribution in [0.3, 0.4) is 0 Å². The van der Waals surface area contributed by atoms with Crippen molar-refractivity contribution in [1.29, 1.82) is 0 Å². The van der Waals surface area contributed by atoms with Crippen LogP contribution >= 0.6 is 23.2 Å². The second-order valence-corrected chi connectivity index (χ2v) is 10.3. The van der Waals surface area contributed by atoms with E-state index in [-0.39, 0.29) is 11.7 Å². The fourth-order valence-electron chi connectivity index (χ4n) is 5.16. The Morgan fingerprint density at radius 3 is 2.24 bits per heavy atom. The summed E-state index contributed by atoms with van der Waals surface area (Å²) in [6, 6.07) is 25.8. The fourth-order valence-corrected chi connectivity index (χ4v) is 5.41. The summed E-state index contributed by atoms with van der Waals surface area (Å²) >= 11 is 12.3. The minimum Gasteiger partial charge on any atom is -0.294 e. The topological polar surface area (TPSA) is 55.4 Å². The van der Waals surface area contributed by atoms with Crippen molar-refractivity contribution >= 4 is 28.8 Å². The maximum absolute atomic E-state index is 13.5. The van der Waals surface area contributed by atoms with Crippen LogP contribution in [0.2, 0.25) is 10.0 Å². The lowest BCUT2D eigenvalue weighted by molar-refractivity contribution is 0.217. The van der Waals surface area contributed by atoms with Crippen LogP contribution in [0.4, 0.5) is 0 Å². The zero-order valence-corrected chi connectivity index (χ0v) is 21.6. The third-order valence-corrected chi connectivity index (χ3v) is 7.52. The molecule has 3 aromatic carbocycles. The molecule has 5 aromatic rings. The van der Waals surface area contributed by atoms with Gasteiger partial charge in [-0.2, -0.15) is 9.61 Å².